The van der Waals surface area contributed by atoms with Gasteiger partial charge < -0.3 is 10.2 Å². The van der Waals surface area contributed by atoms with Crippen molar-refractivity contribution in [3.05, 3.63) is 47.9 Å². The fourth-order valence-electron chi connectivity index (χ4n) is 1.92. The zero-order valence-electron chi connectivity index (χ0n) is 12.7. The van der Waals surface area contributed by atoms with E-state index in [0.717, 1.165) is 25.2 Å². The summed E-state index contributed by atoms with van der Waals surface area (Å²) in [5.41, 5.74) is 0.577. The molecule has 1 aromatic heterocycles. The van der Waals surface area contributed by atoms with Crippen molar-refractivity contribution in [2.24, 2.45) is 0 Å². The molecule has 0 aliphatic carbocycles. The summed E-state index contributed by atoms with van der Waals surface area (Å²) in [5.74, 6) is -0.103. The van der Waals surface area contributed by atoms with Crippen LogP contribution in [-0.4, -0.2) is 29.7 Å². The molecule has 0 fully saturated rings. The Balaban J connectivity index is 2.02. The van der Waals surface area contributed by atoms with Crippen LogP contribution in [0.1, 0.15) is 30.3 Å². The van der Waals surface area contributed by atoms with Gasteiger partial charge in [0.15, 0.2) is 11.5 Å². The van der Waals surface area contributed by atoms with Crippen LogP contribution in [0.15, 0.2) is 36.4 Å². The summed E-state index contributed by atoms with van der Waals surface area (Å²) in [6.45, 7) is 3.01. The highest BCUT2D eigenvalue weighted by Gasteiger charge is 2.10. The summed E-state index contributed by atoms with van der Waals surface area (Å²) >= 11 is 0. The Labute approximate surface area is 129 Å². The molecule has 22 heavy (non-hydrogen) atoms. The van der Waals surface area contributed by atoms with E-state index in [2.05, 4.69) is 22.4 Å². The molecule has 5 nitrogen and oxygen atoms in total. The van der Waals surface area contributed by atoms with E-state index in [9.17, 15) is 9.18 Å². The van der Waals surface area contributed by atoms with E-state index in [1.165, 1.54) is 18.2 Å². The van der Waals surface area contributed by atoms with Crippen molar-refractivity contribution in [3.63, 3.8) is 0 Å². The van der Waals surface area contributed by atoms with Crippen molar-refractivity contribution < 1.29 is 9.18 Å². The van der Waals surface area contributed by atoms with Crippen LogP contribution in [0.25, 0.3) is 0 Å². The van der Waals surface area contributed by atoms with Gasteiger partial charge in [-0.1, -0.05) is 19.4 Å². The topological polar surface area (TPSA) is 58.1 Å². The maximum absolute atomic E-state index is 13.1. The van der Waals surface area contributed by atoms with Gasteiger partial charge in [0.2, 0.25) is 0 Å². The Hall–Kier alpha value is -2.50. The minimum atomic E-state index is -0.416. The average molecular weight is 302 g/mol. The van der Waals surface area contributed by atoms with Crippen molar-refractivity contribution in [1.29, 1.82) is 0 Å². The Morgan fingerprint density at radius 2 is 2.09 bits per heavy atom. The molecule has 0 saturated heterocycles. The third kappa shape index (κ3) is 4.25. The second-order valence-corrected chi connectivity index (χ2v) is 5.02. The fourth-order valence-corrected chi connectivity index (χ4v) is 1.92. The number of hydrogen-bond donors (Lipinski definition) is 1. The molecule has 0 aliphatic rings. The van der Waals surface area contributed by atoms with Crippen LogP contribution in [0.2, 0.25) is 0 Å². The zero-order valence-corrected chi connectivity index (χ0v) is 12.7. The molecule has 116 valence electrons. The molecule has 1 aromatic carbocycles. The van der Waals surface area contributed by atoms with Crippen LogP contribution in [0, 0.1) is 5.82 Å². The largest absolute Gasteiger partial charge is 0.358 e. The van der Waals surface area contributed by atoms with Gasteiger partial charge in [0.05, 0.1) is 0 Å². The van der Waals surface area contributed by atoms with E-state index in [1.54, 1.807) is 18.2 Å². The predicted octanol–water partition coefficient (Wildman–Crippen LogP) is 3.10. The van der Waals surface area contributed by atoms with E-state index in [1.807, 2.05) is 11.9 Å². The summed E-state index contributed by atoms with van der Waals surface area (Å²) in [7, 11) is 1.94. The molecule has 2 aromatic rings. The van der Waals surface area contributed by atoms with Crippen molar-refractivity contribution in [2.45, 2.75) is 19.8 Å². The number of amides is 1. The molecule has 0 aliphatic heterocycles. The van der Waals surface area contributed by atoms with E-state index in [-0.39, 0.29) is 5.69 Å². The minimum absolute atomic E-state index is 0.192. The van der Waals surface area contributed by atoms with Crippen molar-refractivity contribution in [3.8, 4) is 0 Å². The number of anilines is 2. The number of halogens is 1. The molecular weight excluding hydrogens is 283 g/mol. The molecule has 0 atom stereocenters. The SMILES string of the molecule is CCCCN(C)c1ccc(C(=O)Nc2cccc(F)c2)nn1. The fraction of sp³-hybridized carbons (Fsp3) is 0.312. The quantitative estimate of drug-likeness (QED) is 0.891. The third-order valence-corrected chi connectivity index (χ3v) is 3.20. The van der Waals surface area contributed by atoms with Crippen LogP contribution in [-0.2, 0) is 0 Å². The van der Waals surface area contributed by atoms with E-state index in [4.69, 9.17) is 0 Å². The number of nitrogens with zero attached hydrogens (tertiary/aromatic N) is 3. The highest BCUT2D eigenvalue weighted by molar-refractivity contribution is 6.02. The van der Waals surface area contributed by atoms with Crippen molar-refractivity contribution >= 4 is 17.4 Å². The maximum Gasteiger partial charge on any atom is 0.276 e. The molecule has 0 unspecified atom stereocenters. The van der Waals surface area contributed by atoms with Gasteiger partial charge in [-0.25, -0.2) is 4.39 Å². The third-order valence-electron chi connectivity index (χ3n) is 3.20. The number of benzene rings is 1. The Morgan fingerprint density at radius 1 is 1.27 bits per heavy atom. The first kappa shape index (κ1) is 15.9. The Bertz CT molecular complexity index is 630. The molecule has 1 N–H and O–H groups in total. The van der Waals surface area contributed by atoms with Crippen LogP contribution >= 0.6 is 0 Å². The smallest absolute Gasteiger partial charge is 0.276 e. The lowest BCUT2D eigenvalue weighted by molar-refractivity contribution is 0.102. The number of unbranched alkanes of at least 4 members (excludes halogenated alkanes) is 1. The molecule has 0 spiro atoms. The van der Waals surface area contributed by atoms with Crippen LogP contribution in [0.4, 0.5) is 15.9 Å². The summed E-state index contributed by atoms with van der Waals surface area (Å²) in [5, 5.41) is 10.6. The molecule has 0 bridgehead atoms. The molecular formula is C16H19FN4O. The summed E-state index contributed by atoms with van der Waals surface area (Å²) in [6, 6.07) is 9.07. The van der Waals surface area contributed by atoms with Crippen LogP contribution < -0.4 is 10.2 Å². The van der Waals surface area contributed by atoms with Gasteiger partial charge in [-0.3, -0.25) is 4.79 Å². The molecule has 2 rings (SSSR count). The standard InChI is InChI=1S/C16H19FN4O/c1-3-4-10-21(2)15-9-8-14(19-20-15)16(22)18-13-7-5-6-12(17)11-13/h5-9,11H,3-4,10H2,1-2H3,(H,18,22). The second kappa shape index (κ2) is 7.49. The molecule has 1 amide bonds. The summed E-state index contributed by atoms with van der Waals surface area (Å²) < 4.78 is 13.1. The maximum atomic E-state index is 13.1. The van der Waals surface area contributed by atoms with Gasteiger partial charge in [-0.2, -0.15) is 0 Å². The zero-order chi connectivity index (χ0) is 15.9. The van der Waals surface area contributed by atoms with E-state index in [0.29, 0.717) is 5.69 Å². The first-order chi connectivity index (χ1) is 10.6. The van der Waals surface area contributed by atoms with Gasteiger partial charge in [0.25, 0.3) is 5.91 Å². The Morgan fingerprint density at radius 3 is 2.73 bits per heavy atom. The molecule has 6 heteroatoms. The highest BCUT2D eigenvalue weighted by atomic mass is 19.1. The number of hydrogen-bond acceptors (Lipinski definition) is 4. The normalized spacial score (nSPS) is 10.3. The first-order valence-electron chi connectivity index (χ1n) is 7.22. The van der Waals surface area contributed by atoms with Gasteiger partial charge >= 0.3 is 0 Å². The number of rotatable bonds is 6. The van der Waals surface area contributed by atoms with Gasteiger partial charge in [0.1, 0.15) is 5.82 Å². The lowest BCUT2D eigenvalue weighted by Gasteiger charge is -2.16. The Kier molecular flexibility index (Phi) is 5.41. The average Bonchev–Trinajstić information content (AvgIpc) is 2.52. The number of aromatic nitrogens is 2. The van der Waals surface area contributed by atoms with Crippen molar-refractivity contribution in [1.82, 2.24) is 10.2 Å². The number of carbonyl (C=O) groups is 1. The van der Waals surface area contributed by atoms with Gasteiger partial charge in [0, 0.05) is 19.3 Å². The predicted molar refractivity (Wildman–Crippen MR) is 84.6 cm³/mol. The van der Waals surface area contributed by atoms with Gasteiger partial charge in [-0.05, 0) is 36.8 Å². The first-order valence-corrected chi connectivity index (χ1v) is 7.22. The summed E-state index contributed by atoms with van der Waals surface area (Å²) in [4.78, 5) is 14.0. The van der Waals surface area contributed by atoms with Gasteiger partial charge in [-0.15, -0.1) is 10.2 Å². The number of nitrogens with one attached hydrogen (secondary N) is 1. The summed E-state index contributed by atoms with van der Waals surface area (Å²) in [6.07, 6.45) is 2.17. The van der Waals surface area contributed by atoms with E-state index >= 15 is 0 Å². The minimum Gasteiger partial charge on any atom is -0.358 e. The second-order valence-electron chi connectivity index (χ2n) is 5.02. The highest BCUT2D eigenvalue weighted by Crippen LogP contribution is 2.12. The lowest BCUT2D eigenvalue weighted by atomic mass is 10.3. The number of carbonyl (C=O) groups excluding carboxylic acids is 1. The monoisotopic (exact) mass is 302 g/mol. The van der Waals surface area contributed by atoms with Crippen molar-refractivity contribution in [2.75, 3.05) is 23.8 Å². The van der Waals surface area contributed by atoms with Crippen LogP contribution in [0.3, 0.4) is 0 Å². The molecule has 0 radical (unpaired) electrons. The lowest BCUT2D eigenvalue weighted by Crippen LogP contribution is -2.21. The van der Waals surface area contributed by atoms with E-state index < -0.39 is 11.7 Å². The molecule has 0 saturated carbocycles. The van der Waals surface area contributed by atoms with Crippen LogP contribution in [0.5, 0.6) is 0 Å². The molecule has 1 heterocycles.